The molecule has 1 rings (SSSR count). The Bertz CT molecular complexity index is 193. The molecule has 0 atom stereocenters. The molecule has 0 N–H and O–H groups in total. The summed E-state index contributed by atoms with van der Waals surface area (Å²) in [5.74, 6) is 0.234. The summed E-state index contributed by atoms with van der Waals surface area (Å²) in [6.45, 7) is 1.61. The van der Waals surface area contributed by atoms with Crippen LogP contribution >= 0.6 is 23.7 Å². The lowest BCUT2D eigenvalue weighted by Gasteiger charge is -1.86. The van der Waals surface area contributed by atoms with Crippen LogP contribution in [0, 0.1) is 0 Å². The molecule has 0 bridgehead atoms. The molecule has 1 aromatic rings. The predicted molar refractivity (Wildman–Crippen MR) is 46.0 cm³/mol. The molecule has 1 nitrogen and oxygen atoms in total. The summed E-state index contributed by atoms with van der Waals surface area (Å²) in [4.78, 5) is 11.7. The smallest absolute Gasteiger partial charge is 0.135 e. The Balaban J connectivity index is 0.000000810. The Morgan fingerprint density at radius 3 is 2.80 bits per heavy atom. The van der Waals surface area contributed by atoms with E-state index in [1.54, 1.807) is 18.3 Å². The first kappa shape index (κ1) is 9.66. The van der Waals surface area contributed by atoms with Crippen LogP contribution in [0.4, 0.5) is 0 Å². The summed E-state index contributed by atoms with van der Waals surface area (Å²) in [6, 6.07) is 3.94. The third-order valence-corrected chi connectivity index (χ3v) is 1.88. The van der Waals surface area contributed by atoms with Crippen LogP contribution in [0.5, 0.6) is 0 Å². The van der Waals surface area contributed by atoms with Crippen molar-refractivity contribution in [1.29, 1.82) is 0 Å². The van der Waals surface area contributed by atoms with Gasteiger partial charge in [-0.3, -0.25) is 4.79 Å². The van der Waals surface area contributed by atoms with E-state index in [9.17, 15) is 4.79 Å². The van der Waals surface area contributed by atoms with Crippen molar-refractivity contribution in [3.05, 3.63) is 22.4 Å². The molecule has 0 saturated carbocycles. The zero-order chi connectivity index (χ0) is 6.69. The molecule has 0 saturated heterocycles. The average molecular weight is 177 g/mol. The number of ketones is 1. The Morgan fingerprint density at radius 2 is 2.40 bits per heavy atom. The van der Waals surface area contributed by atoms with Gasteiger partial charge < -0.3 is 0 Å². The summed E-state index contributed by atoms with van der Waals surface area (Å²) in [7, 11) is 0. The topological polar surface area (TPSA) is 17.1 Å². The lowest BCUT2D eigenvalue weighted by atomic mass is 10.3. The van der Waals surface area contributed by atoms with Crippen molar-refractivity contribution < 1.29 is 4.79 Å². The monoisotopic (exact) mass is 176 g/mol. The van der Waals surface area contributed by atoms with E-state index >= 15 is 0 Å². The molecular weight excluding hydrogens is 168 g/mol. The van der Waals surface area contributed by atoms with Crippen molar-refractivity contribution in [3.8, 4) is 0 Å². The third kappa shape index (κ3) is 2.99. The van der Waals surface area contributed by atoms with Gasteiger partial charge in [0.25, 0.3) is 0 Å². The summed E-state index contributed by atoms with van der Waals surface area (Å²) in [6.07, 6.45) is 0.595. The second-order valence-electron chi connectivity index (χ2n) is 1.96. The van der Waals surface area contributed by atoms with Crippen molar-refractivity contribution in [1.82, 2.24) is 0 Å². The highest BCUT2D eigenvalue weighted by molar-refractivity contribution is 7.10. The Labute approximate surface area is 70.5 Å². The van der Waals surface area contributed by atoms with Gasteiger partial charge in [-0.1, -0.05) is 6.07 Å². The van der Waals surface area contributed by atoms with E-state index in [4.69, 9.17) is 0 Å². The van der Waals surface area contributed by atoms with E-state index < -0.39 is 0 Å². The Morgan fingerprint density at radius 1 is 1.70 bits per heavy atom. The minimum absolute atomic E-state index is 0. The van der Waals surface area contributed by atoms with Crippen molar-refractivity contribution >= 4 is 29.5 Å². The van der Waals surface area contributed by atoms with Gasteiger partial charge in [0.2, 0.25) is 0 Å². The number of rotatable bonds is 2. The first-order valence-electron chi connectivity index (χ1n) is 2.81. The second-order valence-corrected chi connectivity index (χ2v) is 2.99. The van der Waals surface area contributed by atoms with Crippen LogP contribution in [0.15, 0.2) is 17.5 Å². The van der Waals surface area contributed by atoms with Gasteiger partial charge in [-0.2, -0.15) is 0 Å². The highest BCUT2D eigenvalue weighted by atomic mass is 35.5. The van der Waals surface area contributed by atoms with Crippen LogP contribution in [0.25, 0.3) is 0 Å². The molecule has 10 heavy (non-hydrogen) atoms. The quantitative estimate of drug-likeness (QED) is 0.676. The van der Waals surface area contributed by atoms with Crippen molar-refractivity contribution in [2.45, 2.75) is 13.3 Å². The highest BCUT2D eigenvalue weighted by Crippen LogP contribution is 2.08. The SMILES string of the molecule is CC(=O)Cc1cccs1.Cl. The number of thiophene rings is 1. The predicted octanol–water partition coefficient (Wildman–Crippen LogP) is 2.30. The lowest BCUT2D eigenvalue weighted by Crippen LogP contribution is -1.92. The summed E-state index contributed by atoms with van der Waals surface area (Å²) in [5.41, 5.74) is 0. The minimum Gasteiger partial charge on any atom is -0.300 e. The fourth-order valence-corrected chi connectivity index (χ4v) is 1.43. The highest BCUT2D eigenvalue weighted by Gasteiger charge is 1.95. The zero-order valence-electron chi connectivity index (χ0n) is 5.66. The van der Waals surface area contributed by atoms with Crippen LogP contribution in [-0.4, -0.2) is 5.78 Å². The maximum Gasteiger partial charge on any atom is 0.135 e. The molecule has 0 spiro atoms. The molecule has 0 unspecified atom stereocenters. The van der Waals surface area contributed by atoms with Gasteiger partial charge in [0.15, 0.2) is 0 Å². The minimum atomic E-state index is 0. The number of hydrogen-bond donors (Lipinski definition) is 0. The molecule has 0 radical (unpaired) electrons. The zero-order valence-corrected chi connectivity index (χ0v) is 7.30. The average Bonchev–Trinajstić information content (AvgIpc) is 2.15. The van der Waals surface area contributed by atoms with Crippen LogP contribution in [0.1, 0.15) is 11.8 Å². The van der Waals surface area contributed by atoms with Crippen LogP contribution < -0.4 is 0 Å². The van der Waals surface area contributed by atoms with E-state index in [0.717, 1.165) is 4.88 Å². The molecule has 3 heteroatoms. The molecule has 0 aliphatic rings. The van der Waals surface area contributed by atoms with Crippen molar-refractivity contribution in [2.75, 3.05) is 0 Å². The van der Waals surface area contributed by atoms with Crippen LogP contribution in [0.3, 0.4) is 0 Å². The van der Waals surface area contributed by atoms with Gasteiger partial charge >= 0.3 is 0 Å². The van der Waals surface area contributed by atoms with Crippen LogP contribution in [0.2, 0.25) is 0 Å². The molecule has 0 fully saturated rings. The van der Waals surface area contributed by atoms with Crippen molar-refractivity contribution in [2.24, 2.45) is 0 Å². The van der Waals surface area contributed by atoms with Crippen molar-refractivity contribution in [3.63, 3.8) is 0 Å². The second kappa shape index (κ2) is 4.47. The summed E-state index contributed by atoms with van der Waals surface area (Å²) >= 11 is 1.63. The van der Waals surface area contributed by atoms with Gasteiger partial charge in [-0.25, -0.2) is 0 Å². The number of Topliss-reactive ketones (excluding diaryl/α,β-unsaturated/α-hetero) is 1. The van der Waals surface area contributed by atoms with E-state index in [1.165, 1.54) is 0 Å². The van der Waals surface area contributed by atoms with E-state index in [2.05, 4.69) is 0 Å². The van der Waals surface area contributed by atoms with Gasteiger partial charge in [0.1, 0.15) is 5.78 Å². The molecule has 1 heterocycles. The Kier molecular flexibility index (Phi) is 4.32. The third-order valence-electron chi connectivity index (χ3n) is 1.00. The number of carbonyl (C=O) groups is 1. The number of halogens is 1. The van der Waals surface area contributed by atoms with Gasteiger partial charge in [0.05, 0.1) is 0 Å². The molecular formula is C7H9ClOS. The normalized spacial score (nSPS) is 8.50. The van der Waals surface area contributed by atoms with Gasteiger partial charge in [0, 0.05) is 11.3 Å². The molecule has 1 aromatic heterocycles. The maximum atomic E-state index is 10.5. The maximum absolute atomic E-state index is 10.5. The molecule has 0 aliphatic heterocycles. The molecule has 0 amide bonds. The summed E-state index contributed by atoms with van der Waals surface area (Å²) < 4.78 is 0. The van der Waals surface area contributed by atoms with Crippen LogP contribution in [-0.2, 0) is 11.2 Å². The summed E-state index contributed by atoms with van der Waals surface area (Å²) in [5, 5.41) is 1.98. The fourth-order valence-electron chi connectivity index (χ4n) is 0.659. The van der Waals surface area contributed by atoms with Gasteiger partial charge in [-0.05, 0) is 18.4 Å². The first-order valence-corrected chi connectivity index (χ1v) is 3.69. The largest absolute Gasteiger partial charge is 0.300 e. The van der Waals surface area contributed by atoms with E-state index in [-0.39, 0.29) is 18.2 Å². The van der Waals surface area contributed by atoms with E-state index in [1.807, 2.05) is 17.5 Å². The first-order chi connectivity index (χ1) is 4.29. The Hall–Kier alpha value is -0.340. The van der Waals surface area contributed by atoms with E-state index in [0.29, 0.717) is 6.42 Å². The number of carbonyl (C=O) groups excluding carboxylic acids is 1. The lowest BCUT2D eigenvalue weighted by molar-refractivity contribution is -0.116. The number of hydrogen-bond acceptors (Lipinski definition) is 2. The fraction of sp³-hybridized carbons (Fsp3) is 0.286. The van der Waals surface area contributed by atoms with Gasteiger partial charge in [-0.15, -0.1) is 23.7 Å². The molecule has 0 aromatic carbocycles. The molecule has 56 valence electrons. The standard InChI is InChI=1S/C7H8OS.ClH/c1-6(8)5-7-3-2-4-9-7;/h2-4H,5H2,1H3;1H. The molecule has 0 aliphatic carbocycles.